The van der Waals surface area contributed by atoms with Crippen LogP contribution in [0.25, 0.3) is 0 Å². The predicted molar refractivity (Wildman–Crippen MR) is 110 cm³/mol. The summed E-state index contributed by atoms with van der Waals surface area (Å²) in [5, 5.41) is 9.74. The minimum absolute atomic E-state index is 0.370. The molecule has 6 heteroatoms. The van der Waals surface area contributed by atoms with Crippen LogP contribution in [-0.4, -0.2) is 25.6 Å². The van der Waals surface area contributed by atoms with E-state index in [1.807, 2.05) is 18.6 Å². The molecule has 0 unspecified atom stereocenters. The summed E-state index contributed by atoms with van der Waals surface area (Å²) in [6.07, 6.45) is 15.6. The van der Waals surface area contributed by atoms with Gasteiger partial charge in [0.15, 0.2) is 0 Å². The molecule has 2 aromatic rings. The zero-order valence-electron chi connectivity index (χ0n) is 16.8. The fourth-order valence-corrected chi connectivity index (χ4v) is 6.75. The Morgan fingerprint density at radius 2 is 1.86 bits per heavy atom. The zero-order valence-corrected chi connectivity index (χ0v) is 16.8. The summed E-state index contributed by atoms with van der Waals surface area (Å²) in [5.41, 5.74) is 7.64. The van der Waals surface area contributed by atoms with Crippen LogP contribution in [0.3, 0.4) is 0 Å². The van der Waals surface area contributed by atoms with Crippen LogP contribution in [0.2, 0.25) is 0 Å². The largest absolute Gasteiger partial charge is 0.481 e. The Bertz CT molecular complexity index is 853. The molecule has 4 aliphatic rings. The lowest BCUT2D eigenvalue weighted by Gasteiger charge is -2.57. The number of carboxylic acids is 1. The van der Waals surface area contributed by atoms with Gasteiger partial charge in [0.25, 0.3) is 0 Å². The summed E-state index contributed by atoms with van der Waals surface area (Å²) in [7, 11) is 0. The van der Waals surface area contributed by atoms with E-state index in [9.17, 15) is 9.90 Å². The first-order valence-corrected chi connectivity index (χ1v) is 10.9. The molecule has 2 heterocycles. The smallest absolute Gasteiger partial charge is 0.312 e. The molecule has 0 radical (unpaired) electrons. The summed E-state index contributed by atoms with van der Waals surface area (Å²) >= 11 is 0. The van der Waals surface area contributed by atoms with Gasteiger partial charge in [-0.2, -0.15) is 0 Å². The van der Waals surface area contributed by atoms with E-state index < -0.39 is 11.9 Å². The Balaban J connectivity index is 1.26. The van der Waals surface area contributed by atoms with Gasteiger partial charge in [0.2, 0.25) is 0 Å². The number of pyridine rings is 1. The Morgan fingerprint density at radius 1 is 1.17 bits per heavy atom. The summed E-state index contributed by atoms with van der Waals surface area (Å²) in [6.45, 7) is 0.939. The maximum absolute atomic E-state index is 11.9. The van der Waals surface area contributed by atoms with Crippen molar-refractivity contribution in [3.8, 4) is 0 Å². The number of imidazole rings is 1. The molecular weight excluding hydrogens is 364 g/mol. The first kappa shape index (κ1) is 18.6. The van der Waals surface area contributed by atoms with Crippen LogP contribution >= 0.6 is 0 Å². The van der Waals surface area contributed by atoms with Crippen molar-refractivity contribution in [3.05, 3.63) is 42.1 Å². The third-order valence-corrected chi connectivity index (χ3v) is 7.66. The fourth-order valence-electron chi connectivity index (χ4n) is 6.75. The number of carbonyl (C=O) groups is 1. The SMILES string of the molecule is Nc1ccc(C[C@@H](C(=O)O)c2cn(CCC34CC5CC(CC(C5)C3)C4)cn2)cn1. The van der Waals surface area contributed by atoms with Crippen LogP contribution in [0.4, 0.5) is 5.82 Å². The monoisotopic (exact) mass is 394 g/mol. The average Bonchev–Trinajstić information content (AvgIpc) is 3.13. The number of hydrogen-bond acceptors (Lipinski definition) is 4. The third kappa shape index (κ3) is 3.77. The topological polar surface area (TPSA) is 94.0 Å². The third-order valence-electron chi connectivity index (χ3n) is 7.66. The van der Waals surface area contributed by atoms with Gasteiger partial charge in [0.1, 0.15) is 11.7 Å². The molecule has 0 amide bonds. The summed E-state index contributed by atoms with van der Waals surface area (Å²) in [6, 6.07) is 3.54. The van der Waals surface area contributed by atoms with Gasteiger partial charge in [0, 0.05) is 18.9 Å². The fraction of sp³-hybridized carbons (Fsp3) is 0.609. The Labute approximate surface area is 171 Å². The maximum Gasteiger partial charge on any atom is 0.312 e. The van der Waals surface area contributed by atoms with E-state index in [1.165, 1.54) is 44.9 Å². The molecule has 0 saturated heterocycles. The van der Waals surface area contributed by atoms with Crippen molar-refractivity contribution >= 4 is 11.8 Å². The number of aryl methyl sites for hydroxylation is 1. The van der Waals surface area contributed by atoms with E-state index in [1.54, 1.807) is 12.3 Å². The molecule has 6 rings (SSSR count). The van der Waals surface area contributed by atoms with Crippen molar-refractivity contribution in [1.82, 2.24) is 14.5 Å². The lowest BCUT2D eigenvalue weighted by molar-refractivity contribution is -0.138. The van der Waals surface area contributed by atoms with E-state index >= 15 is 0 Å². The molecule has 4 saturated carbocycles. The van der Waals surface area contributed by atoms with Gasteiger partial charge in [-0.15, -0.1) is 0 Å². The second-order valence-corrected chi connectivity index (χ2v) is 9.89. The van der Waals surface area contributed by atoms with Crippen LogP contribution in [0.1, 0.15) is 62.1 Å². The number of nitrogens with two attached hydrogens (primary N) is 1. The van der Waals surface area contributed by atoms with Crippen LogP contribution in [0.15, 0.2) is 30.9 Å². The van der Waals surface area contributed by atoms with E-state index in [0.717, 1.165) is 29.9 Å². The number of nitrogens with zero attached hydrogens (tertiary/aromatic N) is 3. The number of carboxylic acid groups (broad SMARTS) is 1. The molecule has 29 heavy (non-hydrogen) atoms. The Kier molecular flexibility index (Phi) is 4.60. The predicted octanol–water partition coefficient (Wildman–Crippen LogP) is 3.88. The summed E-state index contributed by atoms with van der Waals surface area (Å²) in [5.74, 6) is 1.81. The molecule has 154 valence electrons. The Hall–Kier alpha value is -2.37. The van der Waals surface area contributed by atoms with E-state index in [2.05, 4.69) is 14.5 Å². The molecule has 0 aliphatic heterocycles. The second kappa shape index (κ2) is 7.15. The molecule has 3 N–H and O–H groups in total. The first-order chi connectivity index (χ1) is 14.0. The van der Waals surface area contributed by atoms with Gasteiger partial charge in [-0.1, -0.05) is 6.07 Å². The second-order valence-electron chi connectivity index (χ2n) is 9.89. The van der Waals surface area contributed by atoms with Gasteiger partial charge in [0.05, 0.1) is 12.0 Å². The maximum atomic E-state index is 11.9. The number of aromatic nitrogens is 3. The van der Waals surface area contributed by atoms with Crippen LogP contribution in [0.5, 0.6) is 0 Å². The quantitative estimate of drug-likeness (QED) is 0.743. The highest BCUT2D eigenvalue weighted by Gasteiger charge is 2.50. The lowest BCUT2D eigenvalue weighted by atomic mass is 9.49. The minimum Gasteiger partial charge on any atom is -0.481 e. The van der Waals surface area contributed by atoms with Crippen molar-refractivity contribution in [2.45, 2.75) is 63.8 Å². The molecule has 1 atom stereocenters. The van der Waals surface area contributed by atoms with E-state index in [0.29, 0.717) is 23.3 Å². The Morgan fingerprint density at radius 3 is 2.45 bits per heavy atom. The van der Waals surface area contributed by atoms with Crippen molar-refractivity contribution in [2.75, 3.05) is 5.73 Å². The standard InChI is InChI=1S/C23H30N4O2/c24-21-2-1-15(12-25-21)8-19(22(28)29)20-13-27(14-26-20)4-3-23-9-16-5-17(10-23)7-18(6-16)11-23/h1-2,12-14,16-19H,3-11H2,(H2,24,25)(H,28,29)/t16?,17?,18?,19-,23?/m1/s1. The molecule has 2 aromatic heterocycles. The number of anilines is 1. The van der Waals surface area contributed by atoms with Gasteiger partial charge >= 0.3 is 5.97 Å². The van der Waals surface area contributed by atoms with Gasteiger partial charge in [-0.05, 0) is 86.2 Å². The van der Waals surface area contributed by atoms with Crippen molar-refractivity contribution in [1.29, 1.82) is 0 Å². The molecule has 6 nitrogen and oxygen atoms in total. The molecule has 4 bridgehead atoms. The van der Waals surface area contributed by atoms with Crippen LogP contribution < -0.4 is 5.73 Å². The molecular formula is C23H30N4O2. The summed E-state index contributed by atoms with van der Waals surface area (Å²) in [4.78, 5) is 20.4. The van der Waals surface area contributed by atoms with Crippen molar-refractivity contribution < 1.29 is 9.90 Å². The van der Waals surface area contributed by atoms with Crippen LogP contribution in [0, 0.1) is 23.2 Å². The first-order valence-electron chi connectivity index (χ1n) is 10.9. The van der Waals surface area contributed by atoms with E-state index in [-0.39, 0.29) is 0 Å². The van der Waals surface area contributed by atoms with Gasteiger partial charge in [-0.3, -0.25) is 4.79 Å². The van der Waals surface area contributed by atoms with Crippen LogP contribution in [-0.2, 0) is 17.8 Å². The normalized spacial score (nSPS) is 31.1. The van der Waals surface area contributed by atoms with Crippen molar-refractivity contribution in [3.63, 3.8) is 0 Å². The minimum atomic E-state index is -0.854. The summed E-state index contributed by atoms with van der Waals surface area (Å²) < 4.78 is 2.10. The molecule has 4 aliphatic carbocycles. The molecule has 0 aromatic carbocycles. The average molecular weight is 395 g/mol. The lowest BCUT2D eigenvalue weighted by Crippen LogP contribution is -2.46. The number of nitrogen functional groups attached to an aromatic ring is 1. The zero-order chi connectivity index (χ0) is 20.0. The van der Waals surface area contributed by atoms with Crippen molar-refractivity contribution in [2.24, 2.45) is 23.2 Å². The van der Waals surface area contributed by atoms with E-state index in [4.69, 9.17) is 5.73 Å². The number of rotatable bonds is 7. The highest BCUT2D eigenvalue weighted by molar-refractivity contribution is 5.75. The van der Waals surface area contributed by atoms with Gasteiger partial charge in [-0.25, -0.2) is 9.97 Å². The highest BCUT2D eigenvalue weighted by Crippen LogP contribution is 2.61. The van der Waals surface area contributed by atoms with Gasteiger partial charge < -0.3 is 15.4 Å². The highest BCUT2D eigenvalue weighted by atomic mass is 16.4. The number of hydrogen-bond donors (Lipinski definition) is 2. The number of aliphatic carboxylic acids is 1. The molecule has 4 fully saturated rings. The molecule has 0 spiro atoms.